The number of hydrogen-bond acceptors (Lipinski definition) is 7. The SMILES string of the molecule is CN(C)CCCNc1cc(-c2ccc(N3CCN(C(=O)OC(C)(C)C)CC3)nc2)nc2ccccc12. The normalized spacial score (nSPS) is 14.4. The number of fused-ring (bicyclic) bond motifs is 1. The highest BCUT2D eigenvalue weighted by Crippen LogP contribution is 2.29. The number of benzene rings is 1. The number of aromatic nitrogens is 2. The van der Waals surface area contributed by atoms with E-state index < -0.39 is 5.60 Å². The molecule has 0 aliphatic carbocycles. The molecule has 0 bridgehead atoms. The molecule has 1 amide bonds. The summed E-state index contributed by atoms with van der Waals surface area (Å²) in [5, 5.41) is 4.73. The maximum Gasteiger partial charge on any atom is 0.410 e. The predicted octanol–water partition coefficient (Wildman–Crippen LogP) is 4.72. The van der Waals surface area contributed by atoms with E-state index in [9.17, 15) is 4.79 Å². The number of pyridine rings is 2. The molecule has 4 rings (SSSR count). The van der Waals surface area contributed by atoms with Crippen molar-refractivity contribution in [3.05, 3.63) is 48.7 Å². The molecule has 0 spiro atoms. The average Bonchev–Trinajstić information content (AvgIpc) is 2.85. The van der Waals surface area contributed by atoms with Crippen LogP contribution < -0.4 is 10.2 Å². The Bertz CT molecular complexity index is 1160. The van der Waals surface area contributed by atoms with Crippen LogP contribution in [0.4, 0.5) is 16.3 Å². The van der Waals surface area contributed by atoms with Crippen molar-refractivity contribution in [2.24, 2.45) is 0 Å². The Hall–Kier alpha value is -3.39. The van der Waals surface area contributed by atoms with Crippen LogP contribution in [0.3, 0.4) is 0 Å². The number of anilines is 2. The molecule has 2 aromatic heterocycles. The molecular formula is C28H38N6O2. The van der Waals surface area contributed by atoms with Gasteiger partial charge in [-0.05, 0) is 72.1 Å². The third-order valence-electron chi connectivity index (χ3n) is 6.11. The van der Waals surface area contributed by atoms with Crippen molar-refractivity contribution in [2.45, 2.75) is 32.8 Å². The van der Waals surface area contributed by atoms with E-state index >= 15 is 0 Å². The van der Waals surface area contributed by atoms with Crippen LogP contribution in [0.1, 0.15) is 27.2 Å². The molecule has 0 radical (unpaired) electrons. The zero-order valence-electron chi connectivity index (χ0n) is 22.1. The average molecular weight is 491 g/mol. The van der Waals surface area contributed by atoms with Crippen molar-refractivity contribution in [1.82, 2.24) is 19.8 Å². The van der Waals surface area contributed by atoms with Gasteiger partial charge in [0, 0.05) is 55.6 Å². The van der Waals surface area contributed by atoms with Crippen LogP contribution in [0.15, 0.2) is 48.7 Å². The molecule has 3 heterocycles. The lowest BCUT2D eigenvalue weighted by atomic mass is 10.1. The van der Waals surface area contributed by atoms with E-state index in [0.29, 0.717) is 13.1 Å². The van der Waals surface area contributed by atoms with Crippen LogP contribution in [0.5, 0.6) is 0 Å². The van der Waals surface area contributed by atoms with Gasteiger partial charge < -0.3 is 24.8 Å². The molecule has 192 valence electrons. The molecule has 1 saturated heterocycles. The van der Waals surface area contributed by atoms with Gasteiger partial charge in [-0.15, -0.1) is 0 Å². The van der Waals surface area contributed by atoms with Gasteiger partial charge in [-0.1, -0.05) is 18.2 Å². The van der Waals surface area contributed by atoms with E-state index in [2.05, 4.69) is 53.5 Å². The van der Waals surface area contributed by atoms with Crippen molar-refractivity contribution in [2.75, 3.05) is 63.6 Å². The van der Waals surface area contributed by atoms with Crippen molar-refractivity contribution in [3.8, 4) is 11.3 Å². The number of nitrogens with one attached hydrogen (secondary N) is 1. The number of para-hydroxylation sites is 1. The van der Waals surface area contributed by atoms with Crippen LogP contribution in [0, 0.1) is 0 Å². The van der Waals surface area contributed by atoms with Crippen LogP contribution in [-0.2, 0) is 4.74 Å². The summed E-state index contributed by atoms with van der Waals surface area (Å²) in [5.41, 5.74) is 3.46. The zero-order chi connectivity index (χ0) is 25.7. The van der Waals surface area contributed by atoms with Crippen LogP contribution in [-0.4, -0.2) is 84.8 Å². The van der Waals surface area contributed by atoms with Crippen molar-refractivity contribution in [1.29, 1.82) is 0 Å². The predicted molar refractivity (Wildman–Crippen MR) is 147 cm³/mol. The van der Waals surface area contributed by atoms with Crippen molar-refractivity contribution in [3.63, 3.8) is 0 Å². The molecule has 1 N–H and O–H groups in total. The summed E-state index contributed by atoms with van der Waals surface area (Å²) < 4.78 is 5.50. The highest BCUT2D eigenvalue weighted by atomic mass is 16.6. The van der Waals surface area contributed by atoms with Crippen molar-refractivity contribution >= 4 is 28.5 Å². The monoisotopic (exact) mass is 490 g/mol. The van der Waals surface area contributed by atoms with Gasteiger partial charge in [-0.3, -0.25) is 0 Å². The molecule has 1 aromatic carbocycles. The number of carbonyl (C=O) groups excluding carboxylic acids is 1. The van der Waals surface area contributed by atoms with Crippen molar-refractivity contribution < 1.29 is 9.53 Å². The topological polar surface area (TPSA) is 73.8 Å². The molecule has 36 heavy (non-hydrogen) atoms. The maximum atomic E-state index is 12.3. The van der Waals surface area contributed by atoms with E-state index in [1.165, 1.54) is 0 Å². The van der Waals surface area contributed by atoms with E-state index in [4.69, 9.17) is 14.7 Å². The third kappa shape index (κ3) is 6.63. The van der Waals surface area contributed by atoms with Crippen LogP contribution in [0.2, 0.25) is 0 Å². The lowest BCUT2D eigenvalue weighted by Crippen LogP contribution is -2.50. The van der Waals surface area contributed by atoms with Gasteiger partial charge in [0.2, 0.25) is 0 Å². The Labute approximate surface area is 214 Å². The maximum absolute atomic E-state index is 12.3. The zero-order valence-corrected chi connectivity index (χ0v) is 22.1. The first-order chi connectivity index (χ1) is 17.2. The van der Waals surface area contributed by atoms with E-state index in [-0.39, 0.29) is 6.09 Å². The minimum atomic E-state index is -0.482. The molecule has 0 atom stereocenters. The fourth-order valence-corrected chi connectivity index (χ4v) is 4.26. The second kappa shape index (κ2) is 11.1. The molecule has 8 heteroatoms. The Balaban J connectivity index is 1.44. The minimum absolute atomic E-state index is 0.251. The quantitative estimate of drug-likeness (QED) is 0.481. The molecule has 1 aliphatic heterocycles. The number of nitrogens with zero attached hydrogens (tertiary/aromatic N) is 5. The highest BCUT2D eigenvalue weighted by Gasteiger charge is 2.26. The molecule has 0 unspecified atom stereocenters. The number of carbonyl (C=O) groups is 1. The van der Waals surface area contributed by atoms with E-state index in [1.54, 1.807) is 4.90 Å². The Morgan fingerprint density at radius 2 is 1.83 bits per heavy atom. The molecule has 1 fully saturated rings. The first-order valence-corrected chi connectivity index (χ1v) is 12.7. The number of piperazine rings is 1. The van der Waals surface area contributed by atoms with E-state index in [1.807, 2.05) is 45.2 Å². The molecule has 0 saturated carbocycles. The van der Waals surface area contributed by atoms with Crippen LogP contribution in [0.25, 0.3) is 22.2 Å². The van der Waals surface area contributed by atoms with Gasteiger partial charge in [-0.2, -0.15) is 0 Å². The molecule has 8 nitrogen and oxygen atoms in total. The van der Waals surface area contributed by atoms with Gasteiger partial charge in [0.25, 0.3) is 0 Å². The van der Waals surface area contributed by atoms with Gasteiger partial charge in [-0.25, -0.2) is 14.8 Å². The van der Waals surface area contributed by atoms with E-state index in [0.717, 1.165) is 66.3 Å². The second-order valence-corrected chi connectivity index (χ2v) is 10.5. The molecular weight excluding hydrogens is 452 g/mol. The highest BCUT2D eigenvalue weighted by molar-refractivity contribution is 5.93. The number of ether oxygens (including phenoxy) is 1. The number of hydrogen-bond donors (Lipinski definition) is 1. The summed E-state index contributed by atoms with van der Waals surface area (Å²) >= 11 is 0. The Kier molecular flexibility index (Phi) is 7.94. The summed E-state index contributed by atoms with van der Waals surface area (Å²) in [7, 11) is 4.19. The molecule has 1 aliphatic rings. The summed E-state index contributed by atoms with van der Waals surface area (Å²) in [4.78, 5) is 28.2. The fourth-order valence-electron chi connectivity index (χ4n) is 4.26. The van der Waals surface area contributed by atoms with Gasteiger partial charge in [0.1, 0.15) is 11.4 Å². The number of amides is 1. The summed E-state index contributed by atoms with van der Waals surface area (Å²) in [5.74, 6) is 0.908. The van der Waals surface area contributed by atoms with Crippen LogP contribution >= 0.6 is 0 Å². The fraction of sp³-hybridized carbons (Fsp3) is 0.464. The van der Waals surface area contributed by atoms with Gasteiger partial charge in [0.15, 0.2) is 0 Å². The Morgan fingerprint density at radius 1 is 1.08 bits per heavy atom. The summed E-state index contributed by atoms with van der Waals surface area (Å²) in [6, 6.07) is 14.5. The largest absolute Gasteiger partial charge is 0.444 e. The summed E-state index contributed by atoms with van der Waals surface area (Å²) in [6.07, 6.45) is 2.71. The van der Waals surface area contributed by atoms with Gasteiger partial charge in [0.05, 0.1) is 11.2 Å². The minimum Gasteiger partial charge on any atom is -0.444 e. The third-order valence-corrected chi connectivity index (χ3v) is 6.11. The summed E-state index contributed by atoms with van der Waals surface area (Å²) in [6.45, 7) is 10.3. The lowest BCUT2D eigenvalue weighted by Gasteiger charge is -2.36. The first-order valence-electron chi connectivity index (χ1n) is 12.7. The number of rotatable bonds is 7. The smallest absolute Gasteiger partial charge is 0.410 e. The molecule has 3 aromatic rings. The Morgan fingerprint density at radius 3 is 2.50 bits per heavy atom. The van der Waals surface area contributed by atoms with Gasteiger partial charge >= 0.3 is 6.09 Å². The standard InChI is InChI=1S/C28H38N6O2/c1-28(2,3)36-27(35)34-17-15-33(16-18-34)26-12-11-21(20-30-26)24-19-25(29-13-8-14-32(4)5)22-9-6-7-10-23(22)31-24/h6-7,9-12,19-20H,8,13-18H2,1-5H3,(H,29,31). The second-order valence-electron chi connectivity index (χ2n) is 10.5. The first kappa shape index (κ1) is 25.7. The lowest BCUT2D eigenvalue weighted by molar-refractivity contribution is 0.0240.